The number of fused-ring (bicyclic) bond motifs is 1. The number of carbonyl (C=O) groups is 2. The van der Waals surface area contributed by atoms with Crippen molar-refractivity contribution in [1.29, 1.82) is 0 Å². The zero-order chi connectivity index (χ0) is 16.1. The Labute approximate surface area is 126 Å². The number of nitrogens with one attached hydrogen (secondary N) is 1. The highest BCUT2D eigenvalue weighted by molar-refractivity contribution is 6.05. The average Bonchev–Trinajstić information content (AvgIpc) is 2.84. The normalized spacial score (nSPS) is 11.9. The molecule has 1 heterocycles. The zero-order valence-electron chi connectivity index (χ0n) is 11.7. The minimum Gasteiger partial charge on any atom is -0.405 e. The molecule has 0 spiro atoms. The van der Waals surface area contributed by atoms with E-state index in [1.165, 1.54) is 10.9 Å². The van der Waals surface area contributed by atoms with Crippen molar-refractivity contribution in [1.82, 2.24) is 9.78 Å². The lowest BCUT2D eigenvalue weighted by Gasteiger charge is -2.06. The fraction of sp³-hybridized carbons (Fsp3) is 0.0714. The van der Waals surface area contributed by atoms with Crippen molar-refractivity contribution in [2.75, 3.05) is 5.32 Å². The quantitative estimate of drug-likeness (QED) is 0.437. The summed E-state index contributed by atoms with van der Waals surface area (Å²) >= 11 is 0. The van der Waals surface area contributed by atoms with Gasteiger partial charge >= 0.3 is 0 Å². The van der Waals surface area contributed by atoms with Crippen LogP contribution in [0.3, 0.4) is 0 Å². The van der Waals surface area contributed by atoms with Gasteiger partial charge < -0.3 is 27.3 Å². The summed E-state index contributed by atoms with van der Waals surface area (Å²) in [6.45, 7) is 0.0416. The van der Waals surface area contributed by atoms with Crippen LogP contribution in [0.25, 0.3) is 10.9 Å². The topological polar surface area (TPSA) is 142 Å². The van der Waals surface area contributed by atoms with E-state index in [2.05, 4.69) is 10.4 Å². The van der Waals surface area contributed by atoms with Crippen molar-refractivity contribution < 1.29 is 9.59 Å². The van der Waals surface area contributed by atoms with Crippen LogP contribution < -0.4 is 22.5 Å². The smallest absolute Gasteiger partial charge is 0.269 e. The minimum atomic E-state index is -0.665. The summed E-state index contributed by atoms with van der Waals surface area (Å²) in [5.74, 6) is -0.289. The standard InChI is InChI=1S/C14H16N6O2/c15-5-1-2-12(16)18-9-3-4-11-10(8-9)13(14(17)22)19-20(11)6-7-21/h1-5,7-8,18H,6,15-16H2,(H2,17,22)/b5-1-,12-2+. The van der Waals surface area contributed by atoms with Crippen LogP contribution in [0.1, 0.15) is 10.5 Å². The second-order valence-electron chi connectivity index (χ2n) is 4.43. The molecule has 8 heteroatoms. The zero-order valence-corrected chi connectivity index (χ0v) is 11.7. The summed E-state index contributed by atoms with van der Waals surface area (Å²) in [4.78, 5) is 22.2. The number of benzene rings is 1. The molecular weight excluding hydrogens is 284 g/mol. The molecule has 0 saturated heterocycles. The van der Waals surface area contributed by atoms with E-state index in [9.17, 15) is 9.59 Å². The number of aromatic nitrogens is 2. The number of nitrogens with zero attached hydrogens (tertiary/aromatic N) is 2. The van der Waals surface area contributed by atoms with Gasteiger partial charge in [0.15, 0.2) is 5.69 Å². The number of hydrogen-bond donors (Lipinski definition) is 4. The summed E-state index contributed by atoms with van der Waals surface area (Å²) in [6.07, 6.45) is 5.22. The first-order valence-electron chi connectivity index (χ1n) is 6.42. The molecule has 22 heavy (non-hydrogen) atoms. The van der Waals surface area contributed by atoms with E-state index in [0.717, 1.165) is 0 Å². The van der Waals surface area contributed by atoms with Crippen LogP contribution in [-0.4, -0.2) is 22.0 Å². The number of anilines is 1. The van der Waals surface area contributed by atoms with E-state index in [-0.39, 0.29) is 12.2 Å². The Kier molecular flexibility index (Phi) is 4.42. The third kappa shape index (κ3) is 3.06. The highest BCUT2D eigenvalue weighted by atomic mass is 16.1. The molecule has 1 aromatic carbocycles. The third-order valence-electron chi connectivity index (χ3n) is 2.91. The molecule has 0 fully saturated rings. The van der Waals surface area contributed by atoms with Crippen LogP contribution in [-0.2, 0) is 11.3 Å². The first-order chi connectivity index (χ1) is 10.6. The van der Waals surface area contributed by atoms with Crippen molar-refractivity contribution in [3.63, 3.8) is 0 Å². The van der Waals surface area contributed by atoms with Crippen molar-refractivity contribution in [3.8, 4) is 0 Å². The van der Waals surface area contributed by atoms with Crippen LogP contribution >= 0.6 is 0 Å². The van der Waals surface area contributed by atoms with Crippen LogP contribution in [0.5, 0.6) is 0 Å². The molecule has 2 rings (SSSR count). The molecule has 0 aliphatic rings. The predicted octanol–water partition coefficient (Wildman–Crippen LogP) is 0.0185. The van der Waals surface area contributed by atoms with Crippen molar-refractivity contribution in [2.24, 2.45) is 17.2 Å². The number of carbonyl (C=O) groups excluding carboxylic acids is 2. The van der Waals surface area contributed by atoms with Gasteiger partial charge in [0.2, 0.25) is 0 Å². The SMILES string of the molecule is N/C=C\C=C(/N)Nc1ccc2c(c1)c(C(N)=O)nn2CC=O. The Morgan fingerprint density at radius 1 is 1.36 bits per heavy atom. The number of allylic oxidation sites excluding steroid dienone is 2. The molecule has 0 atom stereocenters. The number of hydrogen-bond acceptors (Lipinski definition) is 6. The van der Waals surface area contributed by atoms with E-state index >= 15 is 0 Å². The van der Waals surface area contributed by atoms with Gasteiger partial charge in [0.05, 0.1) is 12.1 Å². The van der Waals surface area contributed by atoms with Crippen LogP contribution in [0.2, 0.25) is 0 Å². The highest BCUT2D eigenvalue weighted by Crippen LogP contribution is 2.23. The maximum atomic E-state index is 11.5. The Morgan fingerprint density at radius 3 is 2.77 bits per heavy atom. The lowest BCUT2D eigenvalue weighted by Crippen LogP contribution is -2.13. The fourth-order valence-corrected chi connectivity index (χ4v) is 2.02. The van der Waals surface area contributed by atoms with Crippen LogP contribution in [0.4, 0.5) is 5.69 Å². The van der Waals surface area contributed by atoms with Gasteiger partial charge in [-0.2, -0.15) is 5.10 Å². The largest absolute Gasteiger partial charge is 0.405 e. The van der Waals surface area contributed by atoms with E-state index in [4.69, 9.17) is 17.2 Å². The van der Waals surface area contributed by atoms with E-state index in [1.54, 1.807) is 30.4 Å². The fourth-order valence-electron chi connectivity index (χ4n) is 2.02. The van der Waals surface area contributed by atoms with E-state index in [1.807, 2.05) is 0 Å². The second kappa shape index (κ2) is 6.44. The Morgan fingerprint density at radius 2 is 2.14 bits per heavy atom. The van der Waals surface area contributed by atoms with Crippen LogP contribution in [0, 0.1) is 0 Å². The van der Waals surface area contributed by atoms with Gasteiger partial charge in [-0.15, -0.1) is 0 Å². The summed E-state index contributed by atoms with van der Waals surface area (Å²) in [5.41, 5.74) is 17.7. The van der Waals surface area contributed by atoms with Crippen molar-refractivity contribution in [3.05, 3.63) is 48.1 Å². The number of amides is 1. The van der Waals surface area contributed by atoms with E-state index in [0.29, 0.717) is 28.7 Å². The van der Waals surface area contributed by atoms with Crippen LogP contribution in [0.15, 0.2) is 42.4 Å². The molecule has 0 bridgehead atoms. The number of rotatable bonds is 6. The van der Waals surface area contributed by atoms with Gasteiger partial charge in [0.1, 0.15) is 12.1 Å². The monoisotopic (exact) mass is 300 g/mol. The molecule has 0 unspecified atom stereocenters. The number of nitrogens with two attached hydrogens (primary N) is 3. The van der Waals surface area contributed by atoms with Gasteiger partial charge in [-0.1, -0.05) is 0 Å². The second-order valence-corrected chi connectivity index (χ2v) is 4.43. The molecule has 2 aromatic rings. The summed E-state index contributed by atoms with van der Waals surface area (Å²) in [7, 11) is 0. The number of aldehydes is 1. The first-order valence-corrected chi connectivity index (χ1v) is 6.42. The maximum absolute atomic E-state index is 11.5. The maximum Gasteiger partial charge on any atom is 0.269 e. The molecule has 1 amide bonds. The lowest BCUT2D eigenvalue weighted by atomic mass is 10.2. The Hall–Kier alpha value is -3.29. The summed E-state index contributed by atoms with van der Waals surface area (Å²) in [6, 6.07) is 5.17. The molecule has 0 aliphatic carbocycles. The molecule has 114 valence electrons. The van der Waals surface area contributed by atoms with Gasteiger partial charge in [0, 0.05) is 11.1 Å². The van der Waals surface area contributed by atoms with Gasteiger partial charge in [-0.25, -0.2) is 0 Å². The summed E-state index contributed by atoms with van der Waals surface area (Å²) < 4.78 is 1.42. The molecule has 0 saturated carbocycles. The molecular formula is C14H16N6O2. The van der Waals surface area contributed by atoms with Gasteiger partial charge in [-0.3, -0.25) is 9.48 Å². The van der Waals surface area contributed by atoms with Crippen molar-refractivity contribution >= 4 is 28.8 Å². The Balaban J connectivity index is 2.46. The highest BCUT2D eigenvalue weighted by Gasteiger charge is 2.15. The third-order valence-corrected chi connectivity index (χ3v) is 2.91. The molecule has 0 radical (unpaired) electrons. The van der Waals surface area contributed by atoms with Gasteiger partial charge in [0.25, 0.3) is 5.91 Å². The first kappa shape index (κ1) is 15.1. The average molecular weight is 300 g/mol. The molecule has 7 N–H and O–H groups in total. The minimum absolute atomic E-state index is 0.0416. The molecule has 8 nitrogen and oxygen atoms in total. The Bertz CT molecular complexity index is 775. The van der Waals surface area contributed by atoms with Gasteiger partial charge in [-0.05, 0) is 36.6 Å². The number of primary amides is 1. The molecule has 1 aromatic heterocycles. The lowest BCUT2D eigenvalue weighted by molar-refractivity contribution is -0.108. The predicted molar refractivity (Wildman–Crippen MR) is 83.5 cm³/mol. The molecule has 0 aliphatic heterocycles. The van der Waals surface area contributed by atoms with Crippen molar-refractivity contribution in [2.45, 2.75) is 6.54 Å². The van der Waals surface area contributed by atoms with E-state index < -0.39 is 5.91 Å². The summed E-state index contributed by atoms with van der Waals surface area (Å²) in [5, 5.41) is 7.55.